The lowest BCUT2D eigenvalue weighted by atomic mass is 10.3. The minimum Gasteiger partial charge on any atom is -0.494 e. The average molecular weight is 206 g/mol. The van der Waals surface area contributed by atoms with Gasteiger partial charge in [-0.15, -0.1) is 0 Å². The van der Waals surface area contributed by atoms with Gasteiger partial charge in [-0.3, -0.25) is 4.79 Å². The summed E-state index contributed by atoms with van der Waals surface area (Å²) in [6.07, 6.45) is 1.90. The zero-order valence-corrected chi connectivity index (χ0v) is 7.69. The molecule has 0 saturated heterocycles. The van der Waals surface area contributed by atoms with Crippen molar-refractivity contribution in [1.82, 2.24) is 4.98 Å². The predicted molar refractivity (Wildman–Crippen MR) is 46.2 cm³/mol. The standard InChI is InChI=1S/C7H5Cl2NO2/c1-12-5-2-10-7(9)4(3-11)6(5)8/h2-3H,1H3. The van der Waals surface area contributed by atoms with Crippen molar-refractivity contribution in [3.8, 4) is 5.75 Å². The summed E-state index contributed by atoms with van der Waals surface area (Å²) >= 11 is 11.3. The molecule has 1 aromatic rings. The Hall–Kier alpha value is -0.800. The molecule has 1 rings (SSSR count). The van der Waals surface area contributed by atoms with Crippen LogP contribution in [0.25, 0.3) is 0 Å². The Bertz CT molecular complexity index is 315. The normalized spacial score (nSPS) is 9.58. The van der Waals surface area contributed by atoms with Gasteiger partial charge in [0.1, 0.15) is 5.15 Å². The van der Waals surface area contributed by atoms with Crippen LogP contribution in [-0.2, 0) is 0 Å². The van der Waals surface area contributed by atoms with Crippen LogP contribution < -0.4 is 4.74 Å². The number of aromatic nitrogens is 1. The van der Waals surface area contributed by atoms with Gasteiger partial charge in [-0.25, -0.2) is 4.98 Å². The van der Waals surface area contributed by atoms with E-state index in [0.29, 0.717) is 12.0 Å². The molecule has 0 saturated carbocycles. The number of pyridine rings is 1. The van der Waals surface area contributed by atoms with Crippen LogP contribution in [0.4, 0.5) is 0 Å². The molecule has 5 heteroatoms. The second-order valence-electron chi connectivity index (χ2n) is 1.96. The second-order valence-corrected chi connectivity index (χ2v) is 2.70. The summed E-state index contributed by atoms with van der Waals surface area (Å²) in [5.74, 6) is 0.336. The maximum Gasteiger partial charge on any atom is 0.156 e. The summed E-state index contributed by atoms with van der Waals surface area (Å²) in [6, 6.07) is 0. The van der Waals surface area contributed by atoms with E-state index in [-0.39, 0.29) is 15.7 Å². The molecule has 1 heterocycles. The molecule has 0 spiro atoms. The van der Waals surface area contributed by atoms with Gasteiger partial charge in [0.2, 0.25) is 0 Å². The van der Waals surface area contributed by atoms with Gasteiger partial charge in [0.05, 0.1) is 23.9 Å². The molecule has 0 fully saturated rings. The molecule has 0 amide bonds. The highest BCUT2D eigenvalue weighted by atomic mass is 35.5. The number of ether oxygens (including phenoxy) is 1. The molecule has 12 heavy (non-hydrogen) atoms. The first-order valence-corrected chi connectivity index (χ1v) is 3.79. The molecule has 0 radical (unpaired) electrons. The number of methoxy groups -OCH3 is 1. The summed E-state index contributed by atoms with van der Waals surface area (Å²) in [4.78, 5) is 14.2. The summed E-state index contributed by atoms with van der Waals surface area (Å²) < 4.78 is 4.83. The summed E-state index contributed by atoms with van der Waals surface area (Å²) in [7, 11) is 1.44. The number of halogens is 2. The van der Waals surface area contributed by atoms with Gasteiger partial charge >= 0.3 is 0 Å². The first kappa shape index (κ1) is 9.29. The summed E-state index contributed by atoms with van der Waals surface area (Å²) in [6.45, 7) is 0. The van der Waals surface area contributed by atoms with Crippen molar-refractivity contribution in [3.05, 3.63) is 21.9 Å². The Morgan fingerprint density at radius 2 is 2.25 bits per heavy atom. The fourth-order valence-corrected chi connectivity index (χ4v) is 1.20. The van der Waals surface area contributed by atoms with Crippen molar-refractivity contribution < 1.29 is 9.53 Å². The van der Waals surface area contributed by atoms with Crippen LogP contribution in [0.5, 0.6) is 5.75 Å². The Balaban J connectivity index is 3.33. The van der Waals surface area contributed by atoms with E-state index in [9.17, 15) is 4.79 Å². The number of hydrogen-bond donors (Lipinski definition) is 0. The van der Waals surface area contributed by atoms with E-state index in [2.05, 4.69) is 4.98 Å². The Morgan fingerprint density at radius 1 is 1.58 bits per heavy atom. The van der Waals surface area contributed by atoms with Crippen LogP contribution in [0, 0.1) is 0 Å². The van der Waals surface area contributed by atoms with Crippen LogP contribution in [0.15, 0.2) is 6.20 Å². The van der Waals surface area contributed by atoms with Crippen LogP contribution >= 0.6 is 23.2 Å². The van der Waals surface area contributed by atoms with Crippen molar-refractivity contribution in [3.63, 3.8) is 0 Å². The largest absolute Gasteiger partial charge is 0.494 e. The lowest BCUT2D eigenvalue weighted by Gasteiger charge is -2.04. The molecule has 1 aromatic heterocycles. The molecule has 0 N–H and O–H groups in total. The zero-order valence-electron chi connectivity index (χ0n) is 6.17. The molecule has 0 atom stereocenters. The fraction of sp³-hybridized carbons (Fsp3) is 0.143. The van der Waals surface area contributed by atoms with E-state index in [1.54, 1.807) is 0 Å². The van der Waals surface area contributed by atoms with Gasteiger partial charge in [-0.1, -0.05) is 23.2 Å². The number of carbonyl (C=O) groups is 1. The average Bonchev–Trinajstić information content (AvgIpc) is 2.06. The molecule has 0 aliphatic carbocycles. The van der Waals surface area contributed by atoms with Gasteiger partial charge in [-0.05, 0) is 0 Å². The number of nitrogens with zero attached hydrogens (tertiary/aromatic N) is 1. The smallest absolute Gasteiger partial charge is 0.156 e. The maximum absolute atomic E-state index is 10.5. The third-order valence-electron chi connectivity index (χ3n) is 1.31. The molecule has 0 aliphatic rings. The number of rotatable bonds is 2. The zero-order chi connectivity index (χ0) is 9.14. The van der Waals surface area contributed by atoms with Gasteiger partial charge in [0.15, 0.2) is 12.0 Å². The van der Waals surface area contributed by atoms with Gasteiger partial charge in [-0.2, -0.15) is 0 Å². The summed E-state index contributed by atoms with van der Waals surface area (Å²) in [5.41, 5.74) is 0.151. The van der Waals surface area contributed by atoms with Crippen molar-refractivity contribution >= 4 is 29.5 Å². The quantitative estimate of drug-likeness (QED) is 0.550. The highest BCUT2D eigenvalue weighted by molar-refractivity contribution is 6.38. The minimum atomic E-state index is 0.0794. The van der Waals surface area contributed by atoms with E-state index in [1.807, 2.05) is 0 Å². The molecule has 0 unspecified atom stereocenters. The van der Waals surface area contributed by atoms with E-state index >= 15 is 0 Å². The Kier molecular flexibility index (Phi) is 2.89. The fourth-order valence-electron chi connectivity index (χ4n) is 0.707. The monoisotopic (exact) mass is 205 g/mol. The van der Waals surface area contributed by atoms with Crippen LogP contribution in [0.1, 0.15) is 10.4 Å². The van der Waals surface area contributed by atoms with E-state index < -0.39 is 0 Å². The van der Waals surface area contributed by atoms with Crippen molar-refractivity contribution in [2.45, 2.75) is 0 Å². The van der Waals surface area contributed by atoms with Crippen molar-refractivity contribution in [2.24, 2.45) is 0 Å². The highest BCUT2D eigenvalue weighted by Gasteiger charge is 2.10. The lowest BCUT2D eigenvalue weighted by molar-refractivity contribution is 0.112. The Morgan fingerprint density at radius 3 is 2.75 bits per heavy atom. The van der Waals surface area contributed by atoms with Crippen molar-refractivity contribution in [2.75, 3.05) is 7.11 Å². The Labute approximate surface area is 79.3 Å². The SMILES string of the molecule is COc1cnc(Cl)c(C=O)c1Cl. The van der Waals surface area contributed by atoms with E-state index in [4.69, 9.17) is 27.9 Å². The van der Waals surface area contributed by atoms with Crippen LogP contribution in [0.2, 0.25) is 10.2 Å². The number of carbonyl (C=O) groups excluding carboxylic acids is 1. The van der Waals surface area contributed by atoms with Crippen molar-refractivity contribution in [1.29, 1.82) is 0 Å². The summed E-state index contributed by atoms with van der Waals surface area (Å²) in [5, 5.41) is 0.267. The van der Waals surface area contributed by atoms with E-state index in [0.717, 1.165) is 0 Å². The molecule has 3 nitrogen and oxygen atoms in total. The van der Waals surface area contributed by atoms with Gasteiger partial charge in [0, 0.05) is 0 Å². The van der Waals surface area contributed by atoms with E-state index in [1.165, 1.54) is 13.3 Å². The molecule has 64 valence electrons. The first-order valence-electron chi connectivity index (χ1n) is 3.04. The van der Waals surface area contributed by atoms with Gasteiger partial charge < -0.3 is 4.74 Å². The van der Waals surface area contributed by atoms with Gasteiger partial charge in [0.25, 0.3) is 0 Å². The minimum absolute atomic E-state index is 0.0794. The third-order valence-corrected chi connectivity index (χ3v) is 2.00. The lowest BCUT2D eigenvalue weighted by Crippen LogP contribution is -1.92. The third kappa shape index (κ3) is 1.52. The van der Waals surface area contributed by atoms with Crippen LogP contribution in [0.3, 0.4) is 0 Å². The second kappa shape index (κ2) is 3.74. The topological polar surface area (TPSA) is 39.2 Å². The number of aldehydes is 1. The molecule has 0 aliphatic heterocycles. The highest BCUT2D eigenvalue weighted by Crippen LogP contribution is 2.29. The molecule has 0 aromatic carbocycles. The molecule has 0 bridgehead atoms. The molecular weight excluding hydrogens is 201 g/mol. The van der Waals surface area contributed by atoms with Crippen LogP contribution in [-0.4, -0.2) is 18.4 Å². The maximum atomic E-state index is 10.5. The first-order chi connectivity index (χ1) is 5.70. The predicted octanol–water partition coefficient (Wildman–Crippen LogP) is 2.21. The molecular formula is C7H5Cl2NO2. The number of hydrogen-bond acceptors (Lipinski definition) is 3.